The second-order valence-electron chi connectivity index (χ2n) is 6.81. The number of benzene rings is 2. The Kier molecular flexibility index (Phi) is 3.51. The maximum absolute atomic E-state index is 12.8. The minimum Gasteiger partial charge on any atom is -0.355 e. The molecule has 0 aliphatic heterocycles. The topological polar surface area (TPSA) is 15.8 Å². The van der Waals surface area contributed by atoms with Gasteiger partial charge in [0.25, 0.3) is 0 Å². The van der Waals surface area contributed by atoms with E-state index < -0.39 is 11.7 Å². The molecule has 0 saturated heterocycles. The van der Waals surface area contributed by atoms with Crippen molar-refractivity contribution in [3.63, 3.8) is 0 Å². The molecule has 0 unspecified atom stereocenters. The third-order valence-corrected chi connectivity index (χ3v) is 4.01. The van der Waals surface area contributed by atoms with E-state index in [-0.39, 0.29) is 5.41 Å². The van der Waals surface area contributed by atoms with E-state index >= 15 is 0 Å². The molecule has 0 bridgehead atoms. The average Bonchev–Trinajstić information content (AvgIpc) is 2.88. The molecule has 0 saturated carbocycles. The highest BCUT2D eigenvalue weighted by Crippen LogP contribution is 2.33. The summed E-state index contributed by atoms with van der Waals surface area (Å²) in [4.78, 5) is 3.08. The number of aromatic nitrogens is 1. The van der Waals surface area contributed by atoms with Gasteiger partial charge in [-0.25, -0.2) is 0 Å². The van der Waals surface area contributed by atoms with Crippen molar-refractivity contribution in [1.82, 2.24) is 4.98 Å². The molecule has 0 amide bonds. The van der Waals surface area contributed by atoms with Gasteiger partial charge in [-0.15, -0.1) is 0 Å². The van der Waals surface area contributed by atoms with Crippen LogP contribution in [0.5, 0.6) is 0 Å². The number of halogens is 3. The third kappa shape index (κ3) is 3.11. The Morgan fingerprint density at radius 1 is 0.783 bits per heavy atom. The first-order chi connectivity index (χ1) is 10.6. The molecule has 2 aromatic carbocycles. The Morgan fingerprint density at radius 3 is 1.96 bits per heavy atom. The Balaban J connectivity index is 2.00. The van der Waals surface area contributed by atoms with Crippen molar-refractivity contribution in [2.45, 2.75) is 32.4 Å². The average molecular weight is 317 g/mol. The quantitative estimate of drug-likeness (QED) is 0.554. The number of hydrogen-bond acceptors (Lipinski definition) is 0. The van der Waals surface area contributed by atoms with E-state index in [9.17, 15) is 13.2 Å². The van der Waals surface area contributed by atoms with Gasteiger partial charge in [0.15, 0.2) is 0 Å². The van der Waals surface area contributed by atoms with Crippen LogP contribution in [0.25, 0.3) is 22.2 Å². The molecular weight excluding hydrogens is 299 g/mol. The zero-order chi connectivity index (χ0) is 16.8. The molecule has 0 radical (unpaired) electrons. The Labute approximate surface area is 133 Å². The van der Waals surface area contributed by atoms with Gasteiger partial charge in [0.1, 0.15) is 0 Å². The van der Waals surface area contributed by atoms with E-state index in [1.54, 1.807) is 0 Å². The molecule has 1 heterocycles. The van der Waals surface area contributed by atoms with Crippen molar-refractivity contribution in [1.29, 1.82) is 0 Å². The normalized spacial score (nSPS) is 12.8. The zero-order valence-corrected chi connectivity index (χ0v) is 13.3. The molecule has 3 rings (SSSR count). The van der Waals surface area contributed by atoms with Crippen LogP contribution in [0.15, 0.2) is 48.5 Å². The Bertz CT molecular complexity index is 834. The van der Waals surface area contributed by atoms with Gasteiger partial charge in [0.05, 0.1) is 5.56 Å². The molecule has 1 aromatic heterocycles. The minimum atomic E-state index is -4.33. The van der Waals surface area contributed by atoms with Crippen LogP contribution in [-0.4, -0.2) is 4.98 Å². The van der Waals surface area contributed by atoms with Crippen molar-refractivity contribution in [2.75, 3.05) is 0 Å². The summed E-state index contributed by atoms with van der Waals surface area (Å²) in [5.41, 5.74) is 2.93. The predicted molar refractivity (Wildman–Crippen MR) is 87.4 cm³/mol. The monoisotopic (exact) mass is 317 g/mol. The number of rotatable bonds is 1. The van der Waals surface area contributed by atoms with Crippen LogP contribution in [-0.2, 0) is 11.6 Å². The van der Waals surface area contributed by atoms with Crippen molar-refractivity contribution in [3.05, 3.63) is 59.7 Å². The van der Waals surface area contributed by atoms with E-state index in [0.717, 1.165) is 28.8 Å². The summed E-state index contributed by atoms with van der Waals surface area (Å²) in [6, 6.07) is 13.8. The maximum Gasteiger partial charge on any atom is 0.416 e. The van der Waals surface area contributed by atoms with E-state index in [2.05, 4.69) is 37.9 Å². The molecule has 3 aromatic rings. The smallest absolute Gasteiger partial charge is 0.355 e. The van der Waals surface area contributed by atoms with Crippen LogP contribution < -0.4 is 0 Å². The molecule has 0 aliphatic rings. The van der Waals surface area contributed by atoms with Crippen molar-refractivity contribution < 1.29 is 13.2 Å². The number of nitrogens with one attached hydrogen (secondary N) is 1. The number of H-pyrrole nitrogens is 1. The summed E-state index contributed by atoms with van der Waals surface area (Å²) in [7, 11) is 0. The van der Waals surface area contributed by atoms with E-state index in [1.807, 2.05) is 18.2 Å². The molecule has 0 fully saturated rings. The lowest BCUT2D eigenvalue weighted by atomic mass is 9.86. The van der Waals surface area contributed by atoms with Gasteiger partial charge in [0.2, 0.25) is 0 Å². The summed E-state index contributed by atoms with van der Waals surface area (Å²) >= 11 is 0. The summed E-state index contributed by atoms with van der Waals surface area (Å²) in [5, 5.41) is 0.771. The number of aromatic amines is 1. The molecule has 0 aliphatic carbocycles. The van der Waals surface area contributed by atoms with E-state index in [4.69, 9.17) is 0 Å². The van der Waals surface area contributed by atoms with Crippen molar-refractivity contribution in [2.24, 2.45) is 0 Å². The van der Waals surface area contributed by atoms with Crippen LogP contribution in [0.1, 0.15) is 31.9 Å². The fourth-order valence-corrected chi connectivity index (χ4v) is 2.61. The second-order valence-corrected chi connectivity index (χ2v) is 6.81. The Morgan fingerprint density at radius 2 is 1.39 bits per heavy atom. The van der Waals surface area contributed by atoms with Crippen molar-refractivity contribution >= 4 is 10.9 Å². The number of hydrogen-bond donors (Lipinski definition) is 1. The van der Waals surface area contributed by atoms with Crippen LogP contribution in [0.4, 0.5) is 13.2 Å². The SMILES string of the molecule is CC(C)(C)c1ccc(-c2cc3ccc(C(F)(F)F)cc3[nH]2)cc1. The summed E-state index contributed by atoms with van der Waals surface area (Å²) < 4.78 is 38.4. The van der Waals surface area contributed by atoms with Gasteiger partial charge >= 0.3 is 6.18 Å². The lowest BCUT2D eigenvalue weighted by Gasteiger charge is -2.19. The van der Waals surface area contributed by atoms with E-state index in [1.165, 1.54) is 11.6 Å². The van der Waals surface area contributed by atoms with Crippen LogP contribution in [0, 0.1) is 0 Å². The molecule has 0 spiro atoms. The van der Waals surface area contributed by atoms with Gasteiger partial charge in [-0.3, -0.25) is 0 Å². The number of fused-ring (bicyclic) bond motifs is 1. The van der Waals surface area contributed by atoms with Gasteiger partial charge in [-0.2, -0.15) is 13.2 Å². The third-order valence-electron chi connectivity index (χ3n) is 4.01. The molecule has 1 nitrogen and oxygen atoms in total. The highest BCUT2D eigenvalue weighted by Gasteiger charge is 2.30. The first-order valence-electron chi connectivity index (χ1n) is 7.45. The van der Waals surface area contributed by atoms with Gasteiger partial charge in [-0.05, 0) is 34.7 Å². The Hall–Kier alpha value is -2.23. The predicted octanol–water partition coefficient (Wildman–Crippen LogP) is 6.15. The minimum absolute atomic E-state index is 0.0700. The molecular formula is C19H18F3N. The van der Waals surface area contributed by atoms with Gasteiger partial charge < -0.3 is 4.98 Å². The highest BCUT2D eigenvalue weighted by atomic mass is 19.4. The first-order valence-corrected chi connectivity index (χ1v) is 7.45. The van der Waals surface area contributed by atoms with Crippen LogP contribution in [0.3, 0.4) is 0 Å². The number of alkyl halides is 3. The van der Waals surface area contributed by atoms with Gasteiger partial charge in [0, 0.05) is 16.6 Å². The standard InChI is InChI=1S/C19H18F3N/c1-18(2,3)14-7-4-12(5-8-14)16-10-13-6-9-15(19(20,21)22)11-17(13)23-16/h4-11,23H,1-3H3. The molecule has 1 N–H and O–H groups in total. The molecule has 0 atom stereocenters. The van der Waals surface area contributed by atoms with Crippen LogP contribution in [0.2, 0.25) is 0 Å². The molecule has 23 heavy (non-hydrogen) atoms. The highest BCUT2D eigenvalue weighted by molar-refractivity contribution is 5.86. The fraction of sp³-hybridized carbons (Fsp3) is 0.263. The summed E-state index contributed by atoms with van der Waals surface area (Å²) in [6.07, 6.45) is -4.33. The second kappa shape index (κ2) is 5.15. The summed E-state index contributed by atoms with van der Waals surface area (Å²) in [6.45, 7) is 6.43. The first kappa shape index (κ1) is 15.7. The lowest BCUT2D eigenvalue weighted by Crippen LogP contribution is -2.10. The molecule has 4 heteroatoms. The maximum atomic E-state index is 12.8. The van der Waals surface area contributed by atoms with E-state index in [0.29, 0.717) is 5.52 Å². The lowest BCUT2D eigenvalue weighted by molar-refractivity contribution is -0.137. The molecule has 120 valence electrons. The summed E-state index contributed by atoms with van der Waals surface area (Å²) in [5.74, 6) is 0. The van der Waals surface area contributed by atoms with Crippen LogP contribution >= 0.6 is 0 Å². The van der Waals surface area contributed by atoms with Crippen molar-refractivity contribution in [3.8, 4) is 11.3 Å². The fourth-order valence-electron chi connectivity index (χ4n) is 2.61. The largest absolute Gasteiger partial charge is 0.416 e. The van der Waals surface area contributed by atoms with Gasteiger partial charge in [-0.1, -0.05) is 51.1 Å². The zero-order valence-electron chi connectivity index (χ0n) is 13.3.